The van der Waals surface area contributed by atoms with Crippen molar-refractivity contribution in [2.75, 3.05) is 52.5 Å². The van der Waals surface area contributed by atoms with Gasteiger partial charge in [0, 0.05) is 38.8 Å². The van der Waals surface area contributed by atoms with E-state index in [-0.39, 0.29) is 24.9 Å². The maximum atomic E-state index is 12.1. The van der Waals surface area contributed by atoms with Crippen molar-refractivity contribution in [2.45, 2.75) is 26.3 Å². The Hall–Kier alpha value is -1.18. The van der Waals surface area contributed by atoms with Gasteiger partial charge in [-0.15, -0.1) is 0 Å². The summed E-state index contributed by atoms with van der Waals surface area (Å²) in [5.74, 6) is -0.342. The summed E-state index contributed by atoms with van der Waals surface area (Å²) in [4.78, 5) is 27.4. The molecule has 1 aliphatic heterocycles. The van der Waals surface area contributed by atoms with Gasteiger partial charge in [-0.1, -0.05) is 6.92 Å². The summed E-state index contributed by atoms with van der Waals surface area (Å²) < 4.78 is 5.40. The Morgan fingerprint density at radius 1 is 1.33 bits per heavy atom. The van der Waals surface area contributed by atoms with E-state index in [0.29, 0.717) is 19.1 Å². The summed E-state index contributed by atoms with van der Waals surface area (Å²) in [6, 6.07) is 0.355. The van der Waals surface area contributed by atoms with E-state index in [4.69, 9.17) is 10.5 Å². The Morgan fingerprint density at radius 3 is 2.71 bits per heavy atom. The molecule has 1 heterocycles. The van der Waals surface area contributed by atoms with Gasteiger partial charge in [0.2, 0.25) is 11.8 Å². The highest BCUT2D eigenvalue weighted by molar-refractivity contribution is 5.85. The van der Waals surface area contributed by atoms with Crippen molar-refractivity contribution in [3.8, 4) is 0 Å². The van der Waals surface area contributed by atoms with Gasteiger partial charge in [-0.2, -0.15) is 0 Å². The first-order valence-electron chi connectivity index (χ1n) is 7.68. The lowest BCUT2D eigenvalue weighted by molar-refractivity contribution is -0.135. The summed E-state index contributed by atoms with van der Waals surface area (Å²) in [6.45, 7) is 8.68. The van der Waals surface area contributed by atoms with Gasteiger partial charge in [-0.3, -0.25) is 14.5 Å². The van der Waals surface area contributed by atoms with E-state index in [2.05, 4.69) is 17.1 Å². The second-order valence-corrected chi connectivity index (χ2v) is 5.12. The van der Waals surface area contributed by atoms with E-state index in [9.17, 15) is 9.59 Å². The third kappa shape index (κ3) is 5.99. The molecule has 3 N–H and O–H groups in total. The number of ether oxygens (including phenoxy) is 1. The number of rotatable bonds is 8. The fourth-order valence-corrected chi connectivity index (χ4v) is 2.49. The first-order valence-corrected chi connectivity index (χ1v) is 7.68. The molecule has 7 nitrogen and oxygen atoms in total. The molecule has 1 unspecified atom stereocenters. The lowest BCUT2D eigenvalue weighted by Gasteiger charge is -2.41. The minimum absolute atomic E-state index is 0.0331. The van der Waals surface area contributed by atoms with E-state index in [1.807, 2.05) is 11.8 Å². The molecule has 1 fully saturated rings. The van der Waals surface area contributed by atoms with Crippen molar-refractivity contribution < 1.29 is 14.3 Å². The van der Waals surface area contributed by atoms with Gasteiger partial charge in [-0.05, 0) is 13.3 Å². The van der Waals surface area contributed by atoms with Crippen molar-refractivity contribution in [3.63, 3.8) is 0 Å². The molecular weight excluding hydrogens is 272 g/mol. The predicted octanol–water partition coefficient (Wildman–Crippen LogP) is -0.979. The Kier molecular flexibility index (Phi) is 8.26. The number of carbonyl (C=O) groups is 2. The van der Waals surface area contributed by atoms with Gasteiger partial charge in [0.05, 0.1) is 19.7 Å². The number of hydrogen-bond acceptors (Lipinski definition) is 5. The number of nitrogens with one attached hydrogen (secondary N) is 1. The van der Waals surface area contributed by atoms with E-state index in [0.717, 1.165) is 32.7 Å². The first-order chi connectivity index (χ1) is 10.1. The average molecular weight is 300 g/mol. The fourth-order valence-electron chi connectivity index (χ4n) is 2.49. The summed E-state index contributed by atoms with van der Waals surface area (Å²) >= 11 is 0. The number of nitrogens with two attached hydrogens (primary N) is 1. The largest absolute Gasteiger partial charge is 0.380 e. The zero-order chi connectivity index (χ0) is 15.7. The van der Waals surface area contributed by atoms with Crippen LogP contribution in [0.2, 0.25) is 0 Å². The number of hydrogen-bond donors (Lipinski definition) is 2. The van der Waals surface area contributed by atoms with Crippen LogP contribution in [-0.4, -0.2) is 80.1 Å². The molecule has 2 amide bonds. The monoisotopic (exact) mass is 300 g/mol. The molecule has 21 heavy (non-hydrogen) atoms. The van der Waals surface area contributed by atoms with Crippen LogP contribution in [0.25, 0.3) is 0 Å². The average Bonchev–Trinajstić information content (AvgIpc) is 2.52. The van der Waals surface area contributed by atoms with Gasteiger partial charge in [0.15, 0.2) is 0 Å². The summed E-state index contributed by atoms with van der Waals surface area (Å²) in [5, 5.41) is 2.53. The maximum absolute atomic E-state index is 12.1. The standard InChI is InChI=1S/C14H28N4O3/c1-3-12-11-18(14(20)10-16-13(19)9-15)6-5-17(12)7-8-21-4-2/h12H,3-11,15H2,1-2H3,(H,16,19). The SMILES string of the molecule is CCOCCN1CCN(C(=O)CNC(=O)CN)CC1CC. The predicted molar refractivity (Wildman–Crippen MR) is 80.8 cm³/mol. The lowest BCUT2D eigenvalue weighted by Crippen LogP contribution is -2.56. The highest BCUT2D eigenvalue weighted by Gasteiger charge is 2.27. The maximum Gasteiger partial charge on any atom is 0.242 e. The Balaban J connectivity index is 2.40. The lowest BCUT2D eigenvalue weighted by atomic mass is 10.1. The zero-order valence-electron chi connectivity index (χ0n) is 13.1. The van der Waals surface area contributed by atoms with Gasteiger partial charge in [0.1, 0.15) is 0 Å². The van der Waals surface area contributed by atoms with Crippen LogP contribution in [0.5, 0.6) is 0 Å². The summed E-state index contributed by atoms with van der Waals surface area (Å²) in [5.41, 5.74) is 5.20. The van der Waals surface area contributed by atoms with Crippen molar-refractivity contribution in [2.24, 2.45) is 5.73 Å². The number of nitrogens with zero attached hydrogens (tertiary/aromatic N) is 2. The smallest absolute Gasteiger partial charge is 0.242 e. The molecule has 0 spiro atoms. The van der Waals surface area contributed by atoms with E-state index in [1.165, 1.54) is 0 Å². The normalized spacial score (nSPS) is 19.6. The topological polar surface area (TPSA) is 87.9 Å². The summed E-state index contributed by atoms with van der Waals surface area (Å²) in [6.07, 6.45) is 0.991. The quantitative estimate of drug-likeness (QED) is 0.563. The van der Waals surface area contributed by atoms with Gasteiger partial charge >= 0.3 is 0 Å². The molecule has 1 rings (SSSR count). The van der Waals surface area contributed by atoms with Gasteiger partial charge in [-0.25, -0.2) is 0 Å². The molecule has 0 radical (unpaired) electrons. The second-order valence-electron chi connectivity index (χ2n) is 5.12. The molecule has 7 heteroatoms. The van der Waals surface area contributed by atoms with E-state index >= 15 is 0 Å². The van der Waals surface area contributed by atoms with Crippen LogP contribution >= 0.6 is 0 Å². The van der Waals surface area contributed by atoms with E-state index < -0.39 is 0 Å². The molecule has 0 aromatic carbocycles. The van der Waals surface area contributed by atoms with Crippen LogP contribution in [0.3, 0.4) is 0 Å². The Bertz CT molecular complexity index is 338. The highest BCUT2D eigenvalue weighted by atomic mass is 16.5. The number of carbonyl (C=O) groups excluding carboxylic acids is 2. The van der Waals surface area contributed by atoms with Crippen molar-refractivity contribution in [1.82, 2.24) is 15.1 Å². The zero-order valence-corrected chi connectivity index (χ0v) is 13.1. The van der Waals surface area contributed by atoms with Gasteiger partial charge < -0.3 is 20.7 Å². The van der Waals surface area contributed by atoms with Crippen LogP contribution in [-0.2, 0) is 14.3 Å². The molecule has 0 bridgehead atoms. The molecule has 1 aliphatic rings. The van der Waals surface area contributed by atoms with Crippen LogP contribution in [0.15, 0.2) is 0 Å². The number of amides is 2. The third-order valence-corrected chi connectivity index (χ3v) is 3.78. The minimum Gasteiger partial charge on any atom is -0.380 e. The summed E-state index contributed by atoms with van der Waals surface area (Å²) in [7, 11) is 0. The van der Waals surface area contributed by atoms with Crippen molar-refractivity contribution in [1.29, 1.82) is 0 Å². The second kappa shape index (κ2) is 9.70. The van der Waals surface area contributed by atoms with Crippen LogP contribution in [0, 0.1) is 0 Å². The van der Waals surface area contributed by atoms with Crippen molar-refractivity contribution >= 4 is 11.8 Å². The molecule has 0 aromatic rings. The third-order valence-electron chi connectivity index (χ3n) is 3.78. The Morgan fingerprint density at radius 2 is 2.10 bits per heavy atom. The first kappa shape index (κ1) is 17.9. The van der Waals surface area contributed by atoms with E-state index in [1.54, 1.807) is 0 Å². The molecule has 1 atom stereocenters. The van der Waals surface area contributed by atoms with Gasteiger partial charge in [0.25, 0.3) is 0 Å². The Labute approximate surface area is 126 Å². The molecule has 0 aromatic heterocycles. The fraction of sp³-hybridized carbons (Fsp3) is 0.857. The highest BCUT2D eigenvalue weighted by Crippen LogP contribution is 2.12. The minimum atomic E-state index is -0.300. The molecular formula is C14H28N4O3. The van der Waals surface area contributed by atoms with Crippen molar-refractivity contribution in [3.05, 3.63) is 0 Å². The van der Waals surface area contributed by atoms with Crippen LogP contribution in [0.4, 0.5) is 0 Å². The molecule has 0 saturated carbocycles. The molecule has 122 valence electrons. The molecule has 0 aliphatic carbocycles. The number of piperazine rings is 1. The van der Waals surface area contributed by atoms with Crippen LogP contribution < -0.4 is 11.1 Å². The molecule has 1 saturated heterocycles. The van der Waals surface area contributed by atoms with Crippen LogP contribution in [0.1, 0.15) is 20.3 Å².